The molecule has 1 atom stereocenters. The number of ether oxygens (including phenoxy) is 2. The molecular formula is C15H20BrNO3. The Labute approximate surface area is 128 Å². The predicted molar refractivity (Wildman–Crippen MR) is 80.7 cm³/mol. The smallest absolute Gasteiger partial charge is 0.347 e. The van der Waals surface area contributed by atoms with Crippen LogP contribution >= 0.6 is 15.9 Å². The van der Waals surface area contributed by atoms with E-state index in [1.165, 1.54) is 0 Å². The third-order valence-electron chi connectivity index (χ3n) is 3.01. The van der Waals surface area contributed by atoms with Gasteiger partial charge in [-0.25, -0.2) is 4.79 Å². The van der Waals surface area contributed by atoms with Crippen LogP contribution in [0.5, 0.6) is 5.75 Å². The second-order valence-corrected chi connectivity index (χ2v) is 6.75. The lowest BCUT2D eigenvalue weighted by Gasteiger charge is -2.22. The second kappa shape index (κ2) is 6.14. The van der Waals surface area contributed by atoms with Gasteiger partial charge in [-0.15, -0.1) is 0 Å². The Bertz CT molecular complexity index is 496. The number of cyclic esters (lactones) is 1. The van der Waals surface area contributed by atoms with Gasteiger partial charge in [-0.3, -0.25) is 0 Å². The molecule has 1 unspecified atom stereocenters. The van der Waals surface area contributed by atoms with Crippen molar-refractivity contribution in [1.82, 2.24) is 5.32 Å². The average molecular weight is 342 g/mol. The van der Waals surface area contributed by atoms with Crippen LogP contribution in [0, 0.1) is 0 Å². The van der Waals surface area contributed by atoms with Crippen molar-refractivity contribution >= 4 is 21.9 Å². The van der Waals surface area contributed by atoms with Crippen molar-refractivity contribution in [3.05, 3.63) is 28.2 Å². The van der Waals surface area contributed by atoms with E-state index in [4.69, 9.17) is 9.47 Å². The van der Waals surface area contributed by atoms with E-state index in [2.05, 4.69) is 42.0 Å². The highest BCUT2D eigenvalue weighted by Crippen LogP contribution is 2.31. The van der Waals surface area contributed by atoms with Crippen molar-refractivity contribution in [3.63, 3.8) is 0 Å². The molecule has 1 aliphatic heterocycles. The number of hydrogen-bond acceptors (Lipinski definition) is 4. The minimum absolute atomic E-state index is 0.0197. The number of esters is 1. The van der Waals surface area contributed by atoms with Crippen LogP contribution in [0.25, 0.3) is 0 Å². The fraction of sp³-hybridized carbons (Fsp3) is 0.533. The summed E-state index contributed by atoms with van der Waals surface area (Å²) < 4.78 is 11.6. The van der Waals surface area contributed by atoms with E-state index in [0.29, 0.717) is 25.3 Å². The van der Waals surface area contributed by atoms with Crippen LogP contribution in [0.3, 0.4) is 0 Å². The van der Waals surface area contributed by atoms with Crippen molar-refractivity contribution in [2.24, 2.45) is 0 Å². The summed E-state index contributed by atoms with van der Waals surface area (Å²) in [6, 6.07) is 5.87. The number of halogens is 1. The van der Waals surface area contributed by atoms with Crippen LogP contribution in [0.4, 0.5) is 0 Å². The molecule has 1 heterocycles. The summed E-state index contributed by atoms with van der Waals surface area (Å²) in [6.07, 6.45) is 0.105. The lowest BCUT2D eigenvalue weighted by Crippen LogP contribution is -2.35. The predicted octanol–water partition coefficient (Wildman–Crippen LogP) is 3.03. The molecule has 0 saturated carbocycles. The number of benzene rings is 1. The Morgan fingerprint density at radius 1 is 1.45 bits per heavy atom. The zero-order valence-electron chi connectivity index (χ0n) is 12.0. The van der Waals surface area contributed by atoms with E-state index < -0.39 is 6.10 Å². The van der Waals surface area contributed by atoms with Crippen molar-refractivity contribution in [3.8, 4) is 5.75 Å². The minimum atomic E-state index is -0.498. The Morgan fingerprint density at radius 2 is 2.20 bits per heavy atom. The van der Waals surface area contributed by atoms with Crippen LogP contribution < -0.4 is 10.1 Å². The molecule has 1 aromatic carbocycles. The van der Waals surface area contributed by atoms with Gasteiger partial charge in [0.05, 0.1) is 11.1 Å². The molecular weight excluding hydrogens is 322 g/mol. The topological polar surface area (TPSA) is 47.6 Å². The van der Waals surface area contributed by atoms with E-state index in [1.807, 2.05) is 18.2 Å². The first kappa shape index (κ1) is 15.3. The maximum atomic E-state index is 11.5. The van der Waals surface area contributed by atoms with Gasteiger partial charge >= 0.3 is 5.97 Å². The fourth-order valence-electron chi connectivity index (χ4n) is 1.91. The first-order valence-corrected chi connectivity index (χ1v) is 7.52. The fourth-order valence-corrected chi connectivity index (χ4v) is 2.41. The molecule has 1 fully saturated rings. The van der Waals surface area contributed by atoms with Gasteiger partial charge in [0, 0.05) is 24.1 Å². The molecule has 1 aromatic rings. The first-order chi connectivity index (χ1) is 9.37. The Kier molecular flexibility index (Phi) is 4.70. The molecule has 1 aliphatic rings. The Morgan fingerprint density at radius 3 is 2.80 bits per heavy atom. The van der Waals surface area contributed by atoms with Gasteiger partial charge in [0.25, 0.3) is 0 Å². The van der Waals surface area contributed by atoms with E-state index in [9.17, 15) is 4.79 Å². The maximum absolute atomic E-state index is 11.5. The molecule has 110 valence electrons. The van der Waals surface area contributed by atoms with Gasteiger partial charge in [0.1, 0.15) is 5.75 Å². The monoisotopic (exact) mass is 341 g/mol. The van der Waals surface area contributed by atoms with Gasteiger partial charge in [-0.2, -0.15) is 0 Å². The lowest BCUT2D eigenvalue weighted by molar-refractivity contribution is -0.143. The van der Waals surface area contributed by atoms with Crippen LogP contribution in [-0.2, 0) is 16.1 Å². The summed E-state index contributed by atoms with van der Waals surface area (Å²) in [7, 11) is 0. The summed E-state index contributed by atoms with van der Waals surface area (Å²) in [5.41, 5.74) is 1.04. The van der Waals surface area contributed by atoms with Crippen molar-refractivity contribution in [2.45, 2.75) is 45.4 Å². The molecule has 0 amide bonds. The van der Waals surface area contributed by atoms with Crippen molar-refractivity contribution in [1.29, 1.82) is 0 Å². The molecule has 2 rings (SSSR count). The van der Waals surface area contributed by atoms with Crippen LogP contribution in [0.15, 0.2) is 22.7 Å². The normalized spacial score (nSPS) is 19.0. The summed E-state index contributed by atoms with van der Waals surface area (Å²) in [4.78, 5) is 11.5. The summed E-state index contributed by atoms with van der Waals surface area (Å²) in [5.74, 6) is 0.434. The SMILES string of the molecule is CC(C)(C)NCc1cccc(Br)c1OC1CCOC1=O. The van der Waals surface area contributed by atoms with E-state index in [1.54, 1.807) is 0 Å². The van der Waals surface area contributed by atoms with Crippen LogP contribution in [0.1, 0.15) is 32.8 Å². The van der Waals surface area contributed by atoms with Crippen LogP contribution in [-0.4, -0.2) is 24.2 Å². The third kappa shape index (κ3) is 3.96. The highest BCUT2D eigenvalue weighted by atomic mass is 79.9. The van der Waals surface area contributed by atoms with E-state index >= 15 is 0 Å². The summed E-state index contributed by atoms with van der Waals surface area (Å²) in [6.45, 7) is 7.45. The largest absolute Gasteiger partial charge is 0.477 e. The first-order valence-electron chi connectivity index (χ1n) is 6.72. The van der Waals surface area contributed by atoms with E-state index in [-0.39, 0.29) is 11.5 Å². The molecule has 0 aromatic heterocycles. The highest BCUT2D eigenvalue weighted by molar-refractivity contribution is 9.10. The molecule has 0 bridgehead atoms. The van der Waals surface area contributed by atoms with Crippen molar-refractivity contribution < 1.29 is 14.3 Å². The Balaban J connectivity index is 2.15. The number of rotatable bonds is 4. The molecule has 1 N–H and O–H groups in total. The molecule has 0 radical (unpaired) electrons. The number of para-hydroxylation sites is 1. The van der Waals surface area contributed by atoms with Crippen LogP contribution in [0.2, 0.25) is 0 Å². The van der Waals surface area contributed by atoms with E-state index in [0.717, 1.165) is 10.0 Å². The number of hydrogen-bond donors (Lipinski definition) is 1. The molecule has 0 spiro atoms. The van der Waals surface area contributed by atoms with Gasteiger partial charge in [-0.05, 0) is 42.8 Å². The molecule has 1 saturated heterocycles. The van der Waals surface area contributed by atoms with Gasteiger partial charge in [-0.1, -0.05) is 12.1 Å². The van der Waals surface area contributed by atoms with Gasteiger partial charge < -0.3 is 14.8 Å². The van der Waals surface area contributed by atoms with Gasteiger partial charge in [0.15, 0.2) is 6.10 Å². The zero-order chi connectivity index (χ0) is 14.8. The number of nitrogens with one attached hydrogen (secondary N) is 1. The lowest BCUT2D eigenvalue weighted by atomic mass is 10.1. The van der Waals surface area contributed by atoms with Crippen molar-refractivity contribution in [2.75, 3.05) is 6.61 Å². The molecule has 0 aliphatic carbocycles. The maximum Gasteiger partial charge on any atom is 0.347 e. The Hall–Kier alpha value is -1.07. The number of carbonyl (C=O) groups is 1. The molecule has 4 nitrogen and oxygen atoms in total. The third-order valence-corrected chi connectivity index (χ3v) is 3.63. The zero-order valence-corrected chi connectivity index (χ0v) is 13.6. The standard InChI is InChI=1S/C15H20BrNO3/c1-15(2,3)17-9-10-5-4-6-11(16)13(10)20-12-7-8-19-14(12)18/h4-6,12,17H,7-9H2,1-3H3. The quantitative estimate of drug-likeness (QED) is 0.855. The highest BCUT2D eigenvalue weighted by Gasteiger charge is 2.29. The summed E-state index contributed by atoms with van der Waals surface area (Å²) in [5, 5.41) is 3.42. The molecule has 5 heteroatoms. The van der Waals surface area contributed by atoms with Gasteiger partial charge in [0.2, 0.25) is 0 Å². The second-order valence-electron chi connectivity index (χ2n) is 5.89. The molecule has 20 heavy (non-hydrogen) atoms. The minimum Gasteiger partial charge on any atom is -0.477 e. The summed E-state index contributed by atoms with van der Waals surface area (Å²) >= 11 is 3.49. The average Bonchev–Trinajstić information content (AvgIpc) is 2.75. The number of carbonyl (C=O) groups excluding carboxylic acids is 1.